The summed E-state index contributed by atoms with van der Waals surface area (Å²) in [5, 5.41) is 0.600. The maximum absolute atomic E-state index is 11.7. The Kier molecular flexibility index (Phi) is 3.32. The van der Waals surface area contributed by atoms with E-state index in [4.69, 9.17) is 0 Å². The molecular weight excluding hydrogens is 216 g/mol. The fourth-order valence-electron chi connectivity index (χ4n) is 1.76. The maximum atomic E-state index is 11.7. The van der Waals surface area contributed by atoms with Crippen molar-refractivity contribution in [1.82, 2.24) is 9.97 Å². The standard InChI is InChI=1S/C13H14N2O2/c1-9(16)5-4-8-12-14-11-7-3-2-6-10(11)13(17)15-12/h2-3,6-7H,4-5,8H2,1H3,(H,14,15,17). The van der Waals surface area contributed by atoms with Crippen molar-refractivity contribution < 1.29 is 4.79 Å². The quantitative estimate of drug-likeness (QED) is 0.871. The van der Waals surface area contributed by atoms with Gasteiger partial charge in [0.2, 0.25) is 0 Å². The molecule has 0 radical (unpaired) electrons. The van der Waals surface area contributed by atoms with Crippen molar-refractivity contribution in [2.24, 2.45) is 0 Å². The van der Waals surface area contributed by atoms with Gasteiger partial charge in [-0.2, -0.15) is 0 Å². The first-order valence-corrected chi connectivity index (χ1v) is 5.64. The van der Waals surface area contributed by atoms with Crippen LogP contribution < -0.4 is 5.56 Å². The van der Waals surface area contributed by atoms with Crippen LogP contribution in [0.25, 0.3) is 10.9 Å². The molecule has 0 aliphatic carbocycles. The Balaban J connectivity index is 2.25. The SMILES string of the molecule is CC(=O)CCCc1nc2ccccc2c(=O)[nH]1. The summed E-state index contributed by atoms with van der Waals surface area (Å²) in [5.41, 5.74) is 0.586. The smallest absolute Gasteiger partial charge is 0.258 e. The maximum Gasteiger partial charge on any atom is 0.258 e. The number of aromatic nitrogens is 2. The van der Waals surface area contributed by atoms with Gasteiger partial charge < -0.3 is 9.78 Å². The summed E-state index contributed by atoms with van der Waals surface area (Å²) in [6.07, 6.45) is 1.87. The van der Waals surface area contributed by atoms with Crippen molar-refractivity contribution in [3.63, 3.8) is 0 Å². The summed E-state index contributed by atoms with van der Waals surface area (Å²) in [5.74, 6) is 0.808. The summed E-state index contributed by atoms with van der Waals surface area (Å²) in [4.78, 5) is 29.7. The van der Waals surface area contributed by atoms with E-state index in [1.54, 1.807) is 13.0 Å². The van der Waals surface area contributed by atoms with Gasteiger partial charge in [-0.15, -0.1) is 0 Å². The zero-order chi connectivity index (χ0) is 12.3. The minimum absolute atomic E-state index is 0.117. The van der Waals surface area contributed by atoms with Gasteiger partial charge in [0.05, 0.1) is 10.9 Å². The van der Waals surface area contributed by atoms with E-state index in [1.165, 1.54) is 0 Å². The Labute approximate surface area is 98.7 Å². The normalized spacial score (nSPS) is 10.6. The number of rotatable bonds is 4. The third-order valence-electron chi connectivity index (χ3n) is 2.60. The fourth-order valence-corrected chi connectivity index (χ4v) is 1.76. The molecule has 1 aromatic heterocycles. The number of nitrogens with one attached hydrogen (secondary N) is 1. The van der Waals surface area contributed by atoms with Crippen LogP contribution in [-0.2, 0) is 11.2 Å². The molecule has 1 heterocycles. The zero-order valence-corrected chi connectivity index (χ0v) is 9.69. The van der Waals surface area contributed by atoms with Crippen molar-refractivity contribution >= 4 is 16.7 Å². The van der Waals surface area contributed by atoms with Crippen molar-refractivity contribution in [2.45, 2.75) is 26.2 Å². The lowest BCUT2D eigenvalue weighted by Gasteiger charge is -2.01. The van der Waals surface area contributed by atoms with Crippen molar-refractivity contribution in [3.05, 3.63) is 40.4 Å². The predicted octanol–water partition coefficient (Wildman–Crippen LogP) is 1.83. The molecule has 0 spiro atoms. The molecule has 0 bridgehead atoms. The summed E-state index contributed by atoms with van der Waals surface area (Å²) in [6.45, 7) is 1.57. The highest BCUT2D eigenvalue weighted by molar-refractivity contribution is 5.77. The van der Waals surface area contributed by atoms with Gasteiger partial charge >= 0.3 is 0 Å². The number of H-pyrrole nitrogens is 1. The highest BCUT2D eigenvalue weighted by Gasteiger charge is 2.03. The first kappa shape index (κ1) is 11.5. The Morgan fingerprint density at radius 2 is 2.12 bits per heavy atom. The Hall–Kier alpha value is -1.97. The number of benzene rings is 1. The molecule has 0 aliphatic rings. The molecule has 88 valence electrons. The number of ketones is 1. The van der Waals surface area contributed by atoms with Gasteiger partial charge in [0.25, 0.3) is 5.56 Å². The molecule has 0 atom stereocenters. The molecule has 2 aromatic rings. The molecule has 0 amide bonds. The summed E-state index contributed by atoms with van der Waals surface area (Å²) in [6, 6.07) is 7.24. The van der Waals surface area contributed by atoms with Gasteiger partial charge in [0.1, 0.15) is 11.6 Å². The van der Waals surface area contributed by atoms with Crippen molar-refractivity contribution in [1.29, 1.82) is 0 Å². The van der Waals surface area contributed by atoms with E-state index in [1.807, 2.05) is 18.2 Å². The van der Waals surface area contributed by atoms with Crippen LogP contribution in [0, 0.1) is 0 Å². The largest absolute Gasteiger partial charge is 0.310 e. The number of para-hydroxylation sites is 1. The molecule has 4 heteroatoms. The van der Waals surface area contributed by atoms with E-state index >= 15 is 0 Å². The van der Waals surface area contributed by atoms with E-state index in [0.717, 1.165) is 6.42 Å². The third kappa shape index (κ3) is 2.78. The van der Waals surface area contributed by atoms with Crippen LogP contribution in [0.15, 0.2) is 29.1 Å². The second-order valence-electron chi connectivity index (χ2n) is 4.09. The Bertz CT molecular complexity index is 602. The average Bonchev–Trinajstić information content (AvgIpc) is 2.28. The number of aromatic amines is 1. The van der Waals surface area contributed by atoms with Gasteiger partial charge in [0.15, 0.2) is 0 Å². The molecule has 0 saturated carbocycles. The molecule has 1 N–H and O–H groups in total. The molecule has 0 fully saturated rings. The lowest BCUT2D eigenvalue weighted by atomic mass is 10.2. The van der Waals surface area contributed by atoms with Crippen LogP contribution in [0.2, 0.25) is 0 Å². The van der Waals surface area contributed by atoms with Crippen LogP contribution >= 0.6 is 0 Å². The molecular formula is C13H14N2O2. The zero-order valence-electron chi connectivity index (χ0n) is 9.69. The van der Waals surface area contributed by atoms with Gasteiger partial charge in [-0.1, -0.05) is 12.1 Å². The highest BCUT2D eigenvalue weighted by Crippen LogP contribution is 2.07. The van der Waals surface area contributed by atoms with Crippen molar-refractivity contribution in [2.75, 3.05) is 0 Å². The number of carbonyl (C=O) groups excluding carboxylic acids is 1. The van der Waals surface area contributed by atoms with Gasteiger partial charge in [-0.05, 0) is 25.5 Å². The number of nitrogens with zero attached hydrogens (tertiary/aromatic N) is 1. The first-order chi connectivity index (χ1) is 8.16. The number of aryl methyl sites for hydroxylation is 1. The molecule has 1 aromatic carbocycles. The number of fused-ring (bicyclic) bond motifs is 1. The van der Waals surface area contributed by atoms with E-state index in [-0.39, 0.29) is 11.3 Å². The third-order valence-corrected chi connectivity index (χ3v) is 2.60. The summed E-state index contributed by atoms with van der Waals surface area (Å²) >= 11 is 0. The van der Waals surface area contributed by atoms with Crippen LogP contribution in [0.5, 0.6) is 0 Å². The average molecular weight is 230 g/mol. The number of Topliss-reactive ketones (excluding diaryl/α,β-unsaturated/α-hetero) is 1. The van der Waals surface area contributed by atoms with E-state index < -0.39 is 0 Å². The Morgan fingerprint density at radius 3 is 2.88 bits per heavy atom. The lowest BCUT2D eigenvalue weighted by molar-refractivity contribution is -0.117. The van der Waals surface area contributed by atoms with E-state index in [9.17, 15) is 9.59 Å². The first-order valence-electron chi connectivity index (χ1n) is 5.64. The van der Waals surface area contributed by atoms with Crippen molar-refractivity contribution in [3.8, 4) is 0 Å². The monoisotopic (exact) mass is 230 g/mol. The Morgan fingerprint density at radius 1 is 1.35 bits per heavy atom. The van der Waals surface area contributed by atoms with E-state index in [2.05, 4.69) is 9.97 Å². The minimum atomic E-state index is -0.117. The van der Waals surface area contributed by atoms with E-state index in [0.29, 0.717) is 29.6 Å². The number of hydrogen-bond acceptors (Lipinski definition) is 3. The van der Waals surface area contributed by atoms with Crippen LogP contribution in [0.4, 0.5) is 0 Å². The number of carbonyl (C=O) groups is 1. The second-order valence-corrected chi connectivity index (χ2v) is 4.09. The second kappa shape index (κ2) is 4.91. The summed E-state index contributed by atoms with van der Waals surface area (Å²) < 4.78 is 0. The molecule has 4 nitrogen and oxygen atoms in total. The van der Waals surface area contributed by atoms with Gasteiger partial charge in [-0.3, -0.25) is 4.79 Å². The molecule has 0 saturated heterocycles. The van der Waals surface area contributed by atoms with Crippen LogP contribution in [0.3, 0.4) is 0 Å². The molecule has 2 rings (SSSR count). The van der Waals surface area contributed by atoms with Crippen LogP contribution in [0.1, 0.15) is 25.6 Å². The minimum Gasteiger partial charge on any atom is -0.310 e. The van der Waals surface area contributed by atoms with Crippen LogP contribution in [-0.4, -0.2) is 15.8 Å². The van der Waals surface area contributed by atoms with Gasteiger partial charge in [-0.25, -0.2) is 4.98 Å². The topological polar surface area (TPSA) is 62.8 Å². The lowest BCUT2D eigenvalue weighted by Crippen LogP contribution is -2.12. The number of hydrogen-bond donors (Lipinski definition) is 1. The molecule has 17 heavy (non-hydrogen) atoms. The summed E-state index contributed by atoms with van der Waals surface area (Å²) in [7, 11) is 0. The highest BCUT2D eigenvalue weighted by atomic mass is 16.1. The molecule has 0 unspecified atom stereocenters. The fraction of sp³-hybridized carbons (Fsp3) is 0.308. The predicted molar refractivity (Wildman–Crippen MR) is 66.0 cm³/mol. The molecule has 0 aliphatic heterocycles. The van der Waals surface area contributed by atoms with Gasteiger partial charge in [0, 0.05) is 12.8 Å².